The third-order valence-electron chi connectivity index (χ3n) is 3.04. The zero-order valence-corrected chi connectivity index (χ0v) is 9.50. The summed E-state index contributed by atoms with van der Waals surface area (Å²) in [6, 6.07) is 5.09. The Bertz CT molecular complexity index is 366. The van der Waals surface area contributed by atoms with E-state index in [2.05, 4.69) is 0 Å². The van der Waals surface area contributed by atoms with Crippen LogP contribution in [-0.4, -0.2) is 20.3 Å². The van der Waals surface area contributed by atoms with Gasteiger partial charge >= 0.3 is 0 Å². The van der Waals surface area contributed by atoms with Crippen molar-refractivity contribution in [3.63, 3.8) is 0 Å². The highest BCUT2D eigenvalue weighted by atomic mass is 19.1. The number of rotatable bonds is 3. The average Bonchev–Trinajstić information content (AvgIpc) is 2.26. The van der Waals surface area contributed by atoms with Crippen molar-refractivity contribution in [2.24, 2.45) is 5.73 Å². The lowest BCUT2D eigenvalue weighted by molar-refractivity contribution is 0.0401. The number of benzene rings is 1. The molecule has 0 radical (unpaired) electrons. The van der Waals surface area contributed by atoms with E-state index in [1.54, 1.807) is 32.4 Å². The summed E-state index contributed by atoms with van der Waals surface area (Å²) in [5, 5.41) is 0. The molecule has 1 saturated carbocycles. The van der Waals surface area contributed by atoms with E-state index in [0.717, 1.165) is 0 Å². The van der Waals surface area contributed by atoms with Crippen LogP contribution in [0.25, 0.3) is 0 Å². The molecule has 0 saturated heterocycles. The summed E-state index contributed by atoms with van der Waals surface area (Å²) in [7, 11) is 3.10. The number of ether oxygens (including phenoxy) is 2. The maximum atomic E-state index is 14.3. The first-order valence-corrected chi connectivity index (χ1v) is 5.25. The fraction of sp³-hybridized carbons (Fsp3) is 0.500. The molecular formula is C12H16FNO2. The Balaban J connectivity index is 2.33. The van der Waals surface area contributed by atoms with Crippen molar-refractivity contribution in [1.82, 2.24) is 0 Å². The van der Waals surface area contributed by atoms with Crippen LogP contribution in [0.1, 0.15) is 18.4 Å². The van der Waals surface area contributed by atoms with Crippen molar-refractivity contribution >= 4 is 0 Å². The minimum absolute atomic E-state index is 0.0396. The van der Waals surface area contributed by atoms with Crippen LogP contribution in [0.5, 0.6) is 11.5 Å². The van der Waals surface area contributed by atoms with Crippen molar-refractivity contribution in [2.45, 2.75) is 24.6 Å². The largest absolute Gasteiger partial charge is 0.497 e. The van der Waals surface area contributed by atoms with Gasteiger partial charge in [0.2, 0.25) is 0 Å². The lowest BCUT2D eigenvalue weighted by Gasteiger charge is -2.39. The predicted molar refractivity (Wildman–Crippen MR) is 59.5 cm³/mol. The molecule has 0 heterocycles. The van der Waals surface area contributed by atoms with Crippen molar-refractivity contribution in [3.05, 3.63) is 23.8 Å². The lowest BCUT2D eigenvalue weighted by Crippen LogP contribution is -2.46. The Morgan fingerprint density at radius 2 is 1.69 bits per heavy atom. The highest BCUT2D eigenvalue weighted by Crippen LogP contribution is 2.46. The zero-order chi connectivity index (χ0) is 11.8. The second-order valence-electron chi connectivity index (χ2n) is 4.23. The number of nitrogens with two attached hydrogens (primary N) is 1. The summed E-state index contributed by atoms with van der Waals surface area (Å²) in [6.07, 6.45) is 0.729. The van der Waals surface area contributed by atoms with E-state index in [1.165, 1.54) is 0 Å². The van der Waals surface area contributed by atoms with Crippen molar-refractivity contribution in [2.75, 3.05) is 14.2 Å². The summed E-state index contributed by atoms with van der Waals surface area (Å²) >= 11 is 0. The molecule has 1 aliphatic carbocycles. The van der Waals surface area contributed by atoms with E-state index in [9.17, 15) is 4.39 Å². The van der Waals surface area contributed by atoms with Gasteiger partial charge in [-0.2, -0.15) is 0 Å². The smallest absolute Gasteiger partial charge is 0.139 e. The highest BCUT2D eigenvalue weighted by molar-refractivity contribution is 5.42. The first-order valence-electron chi connectivity index (χ1n) is 5.25. The van der Waals surface area contributed by atoms with E-state index in [0.29, 0.717) is 29.9 Å². The van der Waals surface area contributed by atoms with Crippen LogP contribution in [0.3, 0.4) is 0 Å². The van der Waals surface area contributed by atoms with Gasteiger partial charge in [-0.3, -0.25) is 0 Å². The van der Waals surface area contributed by atoms with Crippen molar-refractivity contribution < 1.29 is 13.9 Å². The van der Waals surface area contributed by atoms with Gasteiger partial charge in [0.1, 0.15) is 17.2 Å². The van der Waals surface area contributed by atoms with Gasteiger partial charge in [0, 0.05) is 24.9 Å². The van der Waals surface area contributed by atoms with Crippen LogP contribution in [0.15, 0.2) is 18.2 Å². The molecule has 2 rings (SSSR count). The molecule has 1 fully saturated rings. The van der Waals surface area contributed by atoms with Gasteiger partial charge in [-0.05, 0) is 17.7 Å². The average molecular weight is 225 g/mol. The molecule has 4 heteroatoms. The minimum atomic E-state index is -1.32. The first-order chi connectivity index (χ1) is 7.57. The van der Waals surface area contributed by atoms with E-state index in [1.807, 2.05) is 0 Å². The van der Waals surface area contributed by atoms with Gasteiger partial charge in [0.15, 0.2) is 0 Å². The number of hydrogen-bond donors (Lipinski definition) is 1. The van der Waals surface area contributed by atoms with Gasteiger partial charge < -0.3 is 15.2 Å². The van der Waals surface area contributed by atoms with Gasteiger partial charge in [-0.15, -0.1) is 0 Å². The van der Waals surface area contributed by atoms with Gasteiger partial charge in [0.05, 0.1) is 14.2 Å². The van der Waals surface area contributed by atoms with Crippen molar-refractivity contribution in [1.29, 1.82) is 0 Å². The summed E-state index contributed by atoms with van der Waals surface area (Å²) < 4.78 is 24.6. The second-order valence-corrected chi connectivity index (χ2v) is 4.23. The van der Waals surface area contributed by atoms with Gasteiger partial charge in [0.25, 0.3) is 0 Å². The lowest BCUT2D eigenvalue weighted by atomic mass is 9.73. The standard InChI is InChI=1S/C12H16FNO2/c1-15-10-3-8(4-11(5-10)16-2)12(13)6-9(14)7-12/h3-5,9H,6-7,14H2,1-2H3. The number of methoxy groups -OCH3 is 2. The molecule has 2 N–H and O–H groups in total. The summed E-state index contributed by atoms with van der Waals surface area (Å²) in [6.45, 7) is 0. The molecule has 0 aliphatic heterocycles. The van der Waals surface area contributed by atoms with Crippen LogP contribution in [0, 0.1) is 0 Å². The number of halogens is 1. The molecule has 88 valence electrons. The molecule has 0 unspecified atom stereocenters. The fourth-order valence-corrected chi connectivity index (χ4v) is 2.07. The zero-order valence-electron chi connectivity index (χ0n) is 9.50. The Morgan fingerprint density at radius 1 is 1.19 bits per heavy atom. The van der Waals surface area contributed by atoms with E-state index in [4.69, 9.17) is 15.2 Å². The Morgan fingerprint density at radius 3 is 2.06 bits per heavy atom. The SMILES string of the molecule is COc1cc(OC)cc(C2(F)CC(N)C2)c1. The molecule has 1 aromatic carbocycles. The molecule has 0 aromatic heterocycles. The van der Waals surface area contributed by atoms with E-state index in [-0.39, 0.29) is 6.04 Å². The molecule has 1 aliphatic rings. The third kappa shape index (κ3) is 1.85. The third-order valence-corrected chi connectivity index (χ3v) is 3.04. The summed E-state index contributed by atoms with van der Waals surface area (Å²) in [4.78, 5) is 0. The molecule has 0 spiro atoms. The summed E-state index contributed by atoms with van der Waals surface area (Å²) in [5.41, 5.74) is 4.90. The van der Waals surface area contributed by atoms with Crippen molar-refractivity contribution in [3.8, 4) is 11.5 Å². The highest BCUT2D eigenvalue weighted by Gasteiger charge is 2.44. The van der Waals surface area contributed by atoms with Gasteiger partial charge in [-0.25, -0.2) is 4.39 Å². The van der Waals surface area contributed by atoms with Crippen LogP contribution < -0.4 is 15.2 Å². The molecule has 1 aromatic rings. The van der Waals surface area contributed by atoms with Crippen LogP contribution in [-0.2, 0) is 5.67 Å². The molecule has 3 nitrogen and oxygen atoms in total. The predicted octanol–water partition coefficient (Wildman–Crippen LogP) is 1.99. The second kappa shape index (κ2) is 3.94. The van der Waals surface area contributed by atoms with Crippen LogP contribution in [0.2, 0.25) is 0 Å². The Kier molecular flexibility index (Phi) is 2.76. The summed E-state index contributed by atoms with van der Waals surface area (Å²) in [5.74, 6) is 1.21. The maximum absolute atomic E-state index is 14.3. The van der Waals surface area contributed by atoms with E-state index < -0.39 is 5.67 Å². The number of alkyl halides is 1. The molecule has 0 amide bonds. The Hall–Kier alpha value is -1.29. The normalized spacial score (nSPS) is 28.4. The number of hydrogen-bond acceptors (Lipinski definition) is 3. The van der Waals surface area contributed by atoms with Crippen LogP contribution in [0.4, 0.5) is 4.39 Å². The molecule has 0 bridgehead atoms. The Labute approximate surface area is 94.3 Å². The fourth-order valence-electron chi connectivity index (χ4n) is 2.07. The van der Waals surface area contributed by atoms with E-state index >= 15 is 0 Å². The monoisotopic (exact) mass is 225 g/mol. The topological polar surface area (TPSA) is 44.5 Å². The minimum Gasteiger partial charge on any atom is -0.497 e. The molecule has 16 heavy (non-hydrogen) atoms. The molecular weight excluding hydrogens is 209 g/mol. The quantitative estimate of drug-likeness (QED) is 0.855. The first kappa shape index (κ1) is 11.2. The molecule has 0 atom stereocenters. The van der Waals surface area contributed by atoms with Gasteiger partial charge in [-0.1, -0.05) is 0 Å². The maximum Gasteiger partial charge on any atom is 0.139 e. The van der Waals surface area contributed by atoms with Crippen LogP contribution >= 0.6 is 0 Å².